The van der Waals surface area contributed by atoms with Gasteiger partial charge in [0.2, 0.25) is 0 Å². The largest absolute Gasteiger partial charge is 0.491 e. The highest BCUT2D eigenvalue weighted by atomic mass is 16.5. The Labute approximate surface area is 111 Å². The van der Waals surface area contributed by atoms with Gasteiger partial charge in [0, 0.05) is 17.7 Å². The minimum absolute atomic E-state index is 0.110. The molecule has 5 heteroatoms. The third-order valence-electron chi connectivity index (χ3n) is 2.60. The Morgan fingerprint density at radius 1 is 1.37 bits per heavy atom. The van der Waals surface area contributed by atoms with E-state index in [9.17, 15) is 4.79 Å². The number of aromatic nitrogens is 2. The molecule has 0 atom stereocenters. The van der Waals surface area contributed by atoms with E-state index in [2.05, 4.69) is 10.2 Å². The number of ether oxygens (including phenoxy) is 1. The molecule has 1 aromatic heterocycles. The van der Waals surface area contributed by atoms with E-state index in [1.807, 2.05) is 38.1 Å². The summed E-state index contributed by atoms with van der Waals surface area (Å²) in [5.41, 5.74) is 7.34. The van der Waals surface area contributed by atoms with Gasteiger partial charge < -0.3 is 10.5 Å². The molecule has 0 bridgehead atoms. The van der Waals surface area contributed by atoms with Crippen molar-refractivity contribution in [1.82, 2.24) is 10.2 Å². The number of hydrogen-bond donors (Lipinski definition) is 2. The van der Waals surface area contributed by atoms with Crippen LogP contribution in [0.5, 0.6) is 5.75 Å². The predicted octanol–water partition coefficient (Wildman–Crippen LogP) is 1.68. The van der Waals surface area contributed by atoms with Gasteiger partial charge in [0.15, 0.2) is 0 Å². The summed E-state index contributed by atoms with van der Waals surface area (Å²) in [6.45, 7) is 4.13. The standard InChI is InChI=1S/C14H17N3O2/c1-9(2)19-12-5-3-4-10(6-12)13-7-11(8-15)14(18)17-16-13/h3-7,9H,8,15H2,1-2H3,(H,17,18). The molecule has 1 heterocycles. The zero-order valence-corrected chi connectivity index (χ0v) is 11.0. The number of nitrogens with one attached hydrogen (secondary N) is 1. The molecule has 0 fully saturated rings. The third-order valence-corrected chi connectivity index (χ3v) is 2.60. The first-order valence-electron chi connectivity index (χ1n) is 6.16. The zero-order valence-electron chi connectivity index (χ0n) is 11.0. The van der Waals surface area contributed by atoms with Gasteiger partial charge in [-0.3, -0.25) is 4.79 Å². The van der Waals surface area contributed by atoms with Gasteiger partial charge in [0.25, 0.3) is 5.56 Å². The molecule has 5 nitrogen and oxygen atoms in total. The third kappa shape index (κ3) is 3.20. The van der Waals surface area contributed by atoms with Gasteiger partial charge in [-0.05, 0) is 32.0 Å². The highest BCUT2D eigenvalue weighted by Gasteiger charge is 2.06. The fourth-order valence-electron chi connectivity index (χ4n) is 1.75. The Morgan fingerprint density at radius 2 is 2.16 bits per heavy atom. The molecule has 0 aliphatic carbocycles. The van der Waals surface area contributed by atoms with Gasteiger partial charge in [-0.2, -0.15) is 5.10 Å². The molecule has 0 aliphatic heterocycles. The minimum Gasteiger partial charge on any atom is -0.491 e. The van der Waals surface area contributed by atoms with Crippen molar-refractivity contribution in [2.75, 3.05) is 0 Å². The Balaban J connectivity index is 2.38. The molecule has 2 aromatic rings. The van der Waals surface area contributed by atoms with Crippen LogP contribution in [0.25, 0.3) is 11.3 Å². The molecule has 0 amide bonds. The summed E-state index contributed by atoms with van der Waals surface area (Å²) in [6, 6.07) is 9.28. The van der Waals surface area contributed by atoms with Crippen LogP contribution in [0.2, 0.25) is 0 Å². The molecule has 0 aliphatic rings. The van der Waals surface area contributed by atoms with E-state index in [-0.39, 0.29) is 18.2 Å². The quantitative estimate of drug-likeness (QED) is 0.875. The van der Waals surface area contributed by atoms with Crippen molar-refractivity contribution in [1.29, 1.82) is 0 Å². The Kier molecular flexibility index (Phi) is 3.97. The van der Waals surface area contributed by atoms with Crippen molar-refractivity contribution < 1.29 is 4.74 Å². The number of hydrogen-bond acceptors (Lipinski definition) is 4. The van der Waals surface area contributed by atoms with Crippen LogP contribution < -0.4 is 16.0 Å². The number of H-pyrrole nitrogens is 1. The summed E-state index contributed by atoms with van der Waals surface area (Å²) in [7, 11) is 0. The van der Waals surface area contributed by atoms with Gasteiger partial charge >= 0.3 is 0 Å². The van der Waals surface area contributed by atoms with Crippen LogP contribution in [-0.2, 0) is 6.54 Å². The molecule has 19 heavy (non-hydrogen) atoms. The number of nitrogens with two attached hydrogens (primary N) is 1. The smallest absolute Gasteiger partial charge is 0.268 e. The van der Waals surface area contributed by atoms with Crippen LogP contribution in [0.4, 0.5) is 0 Å². The Bertz CT molecular complexity index is 620. The van der Waals surface area contributed by atoms with Crippen LogP contribution >= 0.6 is 0 Å². The summed E-state index contributed by atoms with van der Waals surface area (Å²) in [5.74, 6) is 0.773. The lowest BCUT2D eigenvalue weighted by Crippen LogP contribution is -2.17. The van der Waals surface area contributed by atoms with Crippen LogP contribution in [0.3, 0.4) is 0 Å². The maximum atomic E-state index is 11.4. The van der Waals surface area contributed by atoms with E-state index in [1.54, 1.807) is 6.07 Å². The lowest BCUT2D eigenvalue weighted by molar-refractivity contribution is 0.242. The fraction of sp³-hybridized carbons (Fsp3) is 0.286. The first kappa shape index (κ1) is 13.3. The maximum Gasteiger partial charge on any atom is 0.268 e. The molecule has 0 spiro atoms. The van der Waals surface area contributed by atoms with Gasteiger partial charge in [0.05, 0.1) is 11.8 Å². The fourth-order valence-corrected chi connectivity index (χ4v) is 1.75. The minimum atomic E-state index is -0.249. The second kappa shape index (κ2) is 5.67. The predicted molar refractivity (Wildman–Crippen MR) is 73.9 cm³/mol. The van der Waals surface area contributed by atoms with Crippen molar-refractivity contribution in [3.63, 3.8) is 0 Å². The Hall–Kier alpha value is -2.14. The normalized spacial score (nSPS) is 10.7. The van der Waals surface area contributed by atoms with Crippen molar-refractivity contribution in [3.8, 4) is 17.0 Å². The van der Waals surface area contributed by atoms with Gasteiger partial charge in [-0.25, -0.2) is 5.10 Å². The van der Waals surface area contributed by atoms with E-state index in [0.29, 0.717) is 11.3 Å². The van der Waals surface area contributed by atoms with Gasteiger partial charge in [-0.1, -0.05) is 12.1 Å². The van der Waals surface area contributed by atoms with Gasteiger partial charge in [0.1, 0.15) is 5.75 Å². The van der Waals surface area contributed by atoms with Crippen LogP contribution in [-0.4, -0.2) is 16.3 Å². The molecular formula is C14H17N3O2. The van der Waals surface area contributed by atoms with Crippen LogP contribution in [0.1, 0.15) is 19.4 Å². The van der Waals surface area contributed by atoms with Crippen LogP contribution in [0.15, 0.2) is 35.1 Å². The second-order valence-electron chi connectivity index (χ2n) is 4.51. The summed E-state index contributed by atoms with van der Waals surface area (Å²) < 4.78 is 5.63. The number of aromatic amines is 1. The Morgan fingerprint density at radius 3 is 2.84 bits per heavy atom. The molecule has 3 N–H and O–H groups in total. The molecule has 0 radical (unpaired) electrons. The average molecular weight is 259 g/mol. The summed E-state index contributed by atoms with van der Waals surface area (Å²) in [5, 5.41) is 6.48. The highest BCUT2D eigenvalue weighted by molar-refractivity contribution is 5.61. The van der Waals surface area contributed by atoms with E-state index in [1.165, 1.54) is 0 Å². The zero-order chi connectivity index (χ0) is 13.8. The number of rotatable bonds is 4. The number of nitrogens with zero attached hydrogens (tertiary/aromatic N) is 1. The van der Waals surface area contributed by atoms with E-state index in [0.717, 1.165) is 11.3 Å². The summed E-state index contributed by atoms with van der Waals surface area (Å²) in [6.07, 6.45) is 0.110. The van der Waals surface area contributed by atoms with Crippen molar-refractivity contribution in [3.05, 3.63) is 46.2 Å². The molecular weight excluding hydrogens is 242 g/mol. The SMILES string of the molecule is CC(C)Oc1cccc(-c2cc(CN)c(=O)[nH]n2)c1. The lowest BCUT2D eigenvalue weighted by Gasteiger charge is -2.10. The first-order chi connectivity index (χ1) is 9.10. The second-order valence-corrected chi connectivity index (χ2v) is 4.51. The molecule has 0 saturated carbocycles. The van der Waals surface area contributed by atoms with E-state index in [4.69, 9.17) is 10.5 Å². The van der Waals surface area contributed by atoms with Gasteiger partial charge in [-0.15, -0.1) is 0 Å². The van der Waals surface area contributed by atoms with Crippen molar-refractivity contribution in [2.45, 2.75) is 26.5 Å². The molecule has 2 rings (SSSR count). The first-order valence-corrected chi connectivity index (χ1v) is 6.16. The van der Waals surface area contributed by atoms with E-state index >= 15 is 0 Å². The topological polar surface area (TPSA) is 81.0 Å². The molecule has 0 unspecified atom stereocenters. The molecule has 1 aromatic carbocycles. The lowest BCUT2D eigenvalue weighted by atomic mass is 10.1. The summed E-state index contributed by atoms with van der Waals surface area (Å²) in [4.78, 5) is 11.4. The van der Waals surface area contributed by atoms with Crippen molar-refractivity contribution >= 4 is 0 Å². The van der Waals surface area contributed by atoms with E-state index < -0.39 is 0 Å². The van der Waals surface area contributed by atoms with Crippen molar-refractivity contribution in [2.24, 2.45) is 5.73 Å². The number of benzene rings is 1. The average Bonchev–Trinajstić information content (AvgIpc) is 2.39. The monoisotopic (exact) mass is 259 g/mol. The van der Waals surface area contributed by atoms with Crippen LogP contribution in [0, 0.1) is 0 Å². The maximum absolute atomic E-state index is 11.4. The highest BCUT2D eigenvalue weighted by Crippen LogP contribution is 2.22. The molecule has 0 saturated heterocycles. The molecule has 100 valence electrons. The summed E-state index contributed by atoms with van der Waals surface area (Å²) >= 11 is 0.